The van der Waals surface area contributed by atoms with Gasteiger partial charge >= 0.3 is 0 Å². The van der Waals surface area contributed by atoms with Crippen LogP contribution < -0.4 is 0 Å². The first-order chi connectivity index (χ1) is 8.35. The van der Waals surface area contributed by atoms with Gasteiger partial charge in [-0.2, -0.15) is 0 Å². The number of aromatic nitrogens is 1. The number of carbonyl (C=O) groups excluding carboxylic acids is 1. The van der Waals surface area contributed by atoms with Gasteiger partial charge in [0.25, 0.3) is 0 Å². The highest BCUT2D eigenvalue weighted by Gasteiger charge is 2.16. The molecule has 0 N–H and O–H groups in total. The number of aldehydes is 1. The summed E-state index contributed by atoms with van der Waals surface area (Å²) in [6, 6.07) is 5.97. The Morgan fingerprint density at radius 3 is 3.06 bits per heavy atom. The predicted molar refractivity (Wildman–Crippen MR) is 70.4 cm³/mol. The first kappa shape index (κ1) is 10.3. The number of fused-ring (bicyclic) bond motifs is 3. The molecular weight excluding hydrogens is 210 g/mol. The monoisotopic (exact) mass is 225 g/mol. The van der Waals surface area contributed by atoms with Gasteiger partial charge in [-0.1, -0.05) is 12.2 Å². The molecule has 0 fully saturated rings. The van der Waals surface area contributed by atoms with Crippen molar-refractivity contribution in [3.8, 4) is 0 Å². The van der Waals surface area contributed by atoms with Gasteiger partial charge < -0.3 is 4.57 Å². The van der Waals surface area contributed by atoms with E-state index in [9.17, 15) is 4.79 Å². The van der Waals surface area contributed by atoms with E-state index >= 15 is 0 Å². The van der Waals surface area contributed by atoms with Crippen molar-refractivity contribution in [1.29, 1.82) is 0 Å². The fourth-order valence-electron chi connectivity index (χ4n) is 2.76. The molecule has 0 radical (unpaired) electrons. The number of hydrogen-bond acceptors (Lipinski definition) is 1. The van der Waals surface area contributed by atoms with Crippen molar-refractivity contribution in [3.05, 3.63) is 41.1 Å². The highest BCUT2D eigenvalue weighted by Crippen LogP contribution is 2.31. The third-order valence-corrected chi connectivity index (χ3v) is 3.52. The number of hydrogen-bond donors (Lipinski definition) is 0. The van der Waals surface area contributed by atoms with E-state index in [-0.39, 0.29) is 0 Å². The molecule has 0 saturated heterocycles. The summed E-state index contributed by atoms with van der Waals surface area (Å²) in [6.07, 6.45) is 7.55. The van der Waals surface area contributed by atoms with E-state index in [0.29, 0.717) is 0 Å². The zero-order chi connectivity index (χ0) is 11.8. The van der Waals surface area contributed by atoms with Crippen LogP contribution in [0, 0.1) is 0 Å². The van der Waals surface area contributed by atoms with E-state index in [1.807, 2.05) is 12.1 Å². The first-order valence-electron chi connectivity index (χ1n) is 6.12. The van der Waals surface area contributed by atoms with Gasteiger partial charge in [0.1, 0.15) is 6.29 Å². The summed E-state index contributed by atoms with van der Waals surface area (Å²) >= 11 is 0. The molecule has 2 nitrogen and oxygen atoms in total. The highest BCUT2D eigenvalue weighted by atomic mass is 16.1. The van der Waals surface area contributed by atoms with Crippen LogP contribution in [0.3, 0.4) is 0 Å². The van der Waals surface area contributed by atoms with Crippen LogP contribution in [0.1, 0.15) is 35.0 Å². The largest absolute Gasteiger partial charge is 0.344 e. The van der Waals surface area contributed by atoms with Gasteiger partial charge in [-0.25, -0.2) is 0 Å². The number of aryl methyl sites for hydroxylation is 1. The van der Waals surface area contributed by atoms with Gasteiger partial charge in [-0.3, -0.25) is 4.79 Å². The fourth-order valence-corrected chi connectivity index (χ4v) is 2.76. The Hall–Kier alpha value is -1.83. The molecule has 1 aliphatic carbocycles. The van der Waals surface area contributed by atoms with Crippen LogP contribution in [0.15, 0.2) is 24.3 Å². The van der Waals surface area contributed by atoms with Crippen LogP contribution in [0.2, 0.25) is 0 Å². The summed E-state index contributed by atoms with van der Waals surface area (Å²) in [5, 5.41) is 1.21. The molecule has 0 amide bonds. The molecule has 0 atom stereocenters. The van der Waals surface area contributed by atoms with E-state index in [0.717, 1.165) is 31.2 Å². The first-order valence-corrected chi connectivity index (χ1v) is 6.12. The summed E-state index contributed by atoms with van der Waals surface area (Å²) in [7, 11) is 0. The smallest absolute Gasteiger partial charge is 0.150 e. The number of rotatable bonds is 2. The maximum atomic E-state index is 10.9. The fraction of sp³-hybridized carbons (Fsp3) is 0.267. The molecule has 0 aliphatic heterocycles. The highest BCUT2D eigenvalue weighted by molar-refractivity contribution is 5.95. The molecule has 1 aliphatic rings. The zero-order valence-corrected chi connectivity index (χ0v) is 9.94. The minimum Gasteiger partial charge on any atom is -0.344 e. The summed E-state index contributed by atoms with van der Waals surface area (Å²) in [6.45, 7) is 3.16. The minimum atomic E-state index is 0.757. The van der Waals surface area contributed by atoms with Crippen molar-refractivity contribution in [2.75, 3.05) is 0 Å². The van der Waals surface area contributed by atoms with Crippen molar-refractivity contribution in [1.82, 2.24) is 4.57 Å². The predicted octanol–water partition coefficient (Wildman–Crippen LogP) is 3.43. The number of benzene rings is 1. The van der Waals surface area contributed by atoms with Crippen LogP contribution >= 0.6 is 0 Å². The molecule has 0 saturated carbocycles. The molecule has 2 heteroatoms. The van der Waals surface area contributed by atoms with Crippen molar-refractivity contribution in [3.63, 3.8) is 0 Å². The lowest BCUT2D eigenvalue weighted by Crippen LogP contribution is -2.02. The molecule has 0 unspecified atom stereocenters. The summed E-state index contributed by atoms with van der Waals surface area (Å²) in [5.74, 6) is 0. The minimum absolute atomic E-state index is 0.757. The quantitative estimate of drug-likeness (QED) is 0.718. The van der Waals surface area contributed by atoms with E-state index in [4.69, 9.17) is 0 Å². The van der Waals surface area contributed by atoms with Crippen molar-refractivity contribution in [2.45, 2.75) is 26.3 Å². The maximum absolute atomic E-state index is 10.9. The van der Waals surface area contributed by atoms with E-state index in [2.05, 4.69) is 29.7 Å². The summed E-state index contributed by atoms with van der Waals surface area (Å²) in [4.78, 5) is 10.9. The molecule has 1 heterocycles. The Morgan fingerprint density at radius 2 is 2.29 bits per heavy atom. The molecule has 17 heavy (non-hydrogen) atoms. The van der Waals surface area contributed by atoms with Gasteiger partial charge in [-0.05, 0) is 38.0 Å². The topological polar surface area (TPSA) is 22.0 Å². The third kappa shape index (κ3) is 1.44. The number of allylic oxidation sites excluding steroid dienone is 1. The second kappa shape index (κ2) is 3.88. The number of nitrogens with zero attached hydrogens (tertiary/aromatic N) is 1. The Kier molecular flexibility index (Phi) is 2.36. The molecule has 0 bridgehead atoms. The standard InChI is InChI=1S/C15H15NO/c1-2-16-14-6-4-3-5-12(14)13-9-11(10-17)7-8-15(13)16/h3,5,7-10H,2,4,6H2,1H3. The van der Waals surface area contributed by atoms with Crippen LogP contribution in [0.4, 0.5) is 0 Å². The van der Waals surface area contributed by atoms with Crippen molar-refractivity contribution < 1.29 is 4.79 Å². The lowest BCUT2D eigenvalue weighted by molar-refractivity contribution is 0.112. The average molecular weight is 225 g/mol. The number of carbonyl (C=O) groups is 1. The Labute approximate surface area is 101 Å². The Morgan fingerprint density at radius 1 is 1.41 bits per heavy atom. The summed E-state index contributed by atoms with van der Waals surface area (Å²) < 4.78 is 2.36. The Bertz CT molecular complexity index is 619. The van der Waals surface area contributed by atoms with Crippen LogP contribution in [-0.2, 0) is 13.0 Å². The molecule has 86 valence electrons. The maximum Gasteiger partial charge on any atom is 0.150 e. The second-order valence-corrected chi connectivity index (χ2v) is 4.44. The van der Waals surface area contributed by atoms with E-state index in [1.165, 1.54) is 22.2 Å². The molecule has 1 aromatic heterocycles. The van der Waals surface area contributed by atoms with Crippen molar-refractivity contribution >= 4 is 23.3 Å². The van der Waals surface area contributed by atoms with Crippen LogP contribution in [-0.4, -0.2) is 10.9 Å². The Balaban J connectivity index is 2.39. The van der Waals surface area contributed by atoms with E-state index < -0.39 is 0 Å². The lowest BCUT2D eigenvalue weighted by Gasteiger charge is -2.10. The summed E-state index contributed by atoms with van der Waals surface area (Å²) in [5.41, 5.74) is 4.71. The molecular formula is C15H15NO. The van der Waals surface area contributed by atoms with Crippen LogP contribution in [0.25, 0.3) is 17.0 Å². The SMILES string of the molecule is CCn1c2c(c3cc(C=O)ccc31)C=CCC2. The van der Waals surface area contributed by atoms with Crippen LogP contribution in [0.5, 0.6) is 0 Å². The third-order valence-electron chi connectivity index (χ3n) is 3.52. The molecule has 0 spiro atoms. The van der Waals surface area contributed by atoms with Gasteiger partial charge in [0.05, 0.1) is 0 Å². The zero-order valence-electron chi connectivity index (χ0n) is 9.94. The van der Waals surface area contributed by atoms with Crippen molar-refractivity contribution in [2.24, 2.45) is 0 Å². The average Bonchev–Trinajstić information content (AvgIpc) is 2.71. The van der Waals surface area contributed by atoms with Gasteiger partial charge in [-0.15, -0.1) is 0 Å². The lowest BCUT2D eigenvalue weighted by atomic mass is 10.0. The normalized spacial score (nSPS) is 13.9. The van der Waals surface area contributed by atoms with E-state index in [1.54, 1.807) is 0 Å². The molecule has 2 aromatic rings. The van der Waals surface area contributed by atoms with Gasteiger partial charge in [0, 0.05) is 34.3 Å². The van der Waals surface area contributed by atoms with Gasteiger partial charge in [0.15, 0.2) is 0 Å². The van der Waals surface area contributed by atoms with Gasteiger partial charge in [0.2, 0.25) is 0 Å². The molecule has 1 aromatic carbocycles. The second-order valence-electron chi connectivity index (χ2n) is 4.44. The molecule has 3 rings (SSSR count).